The molecule has 0 aromatic heterocycles. The molecular formula is C25H30FN3O7. The van der Waals surface area contributed by atoms with Gasteiger partial charge in [0, 0.05) is 48.8 Å². The van der Waals surface area contributed by atoms with Gasteiger partial charge in [0.05, 0.1) is 5.56 Å². The molecule has 0 bridgehead atoms. The molecule has 0 radical (unpaired) electrons. The number of aliphatic hydroxyl groups excluding tert-OH is 2. The number of carbonyl (C=O) groups is 3. The zero-order valence-corrected chi connectivity index (χ0v) is 20.3. The maximum atomic E-state index is 13.7. The summed E-state index contributed by atoms with van der Waals surface area (Å²) in [5.74, 6) is -6.66. The number of aliphatic hydroxyl groups is 3. The van der Waals surface area contributed by atoms with Crippen molar-refractivity contribution in [2.24, 2.45) is 17.6 Å². The Balaban J connectivity index is 1.86. The molecule has 194 valence electrons. The van der Waals surface area contributed by atoms with E-state index in [2.05, 4.69) is 5.32 Å². The summed E-state index contributed by atoms with van der Waals surface area (Å²) in [6, 6.07) is 1.25. The number of nitrogens with two attached hydrogens (primary N) is 1. The summed E-state index contributed by atoms with van der Waals surface area (Å²) >= 11 is 0. The minimum Gasteiger partial charge on any atom is -0.511 e. The Morgan fingerprint density at radius 1 is 1.31 bits per heavy atom. The van der Waals surface area contributed by atoms with E-state index in [-0.39, 0.29) is 42.7 Å². The van der Waals surface area contributed by atoms with Crippen molar-refractivity contribution in [3.8, 4) is 5.75 Å². The molecule has 7 N–H and O–H groups in total. The van der Waals surface area contributed by atoms with Gasteiger partial charge in [-0.1, -0.05) is 0 Å². The number of halogens is 1. The van der Waals surface area contributed by atoms with Crippen molar-refractivity contribution in [2.45, 2.75) is 44.4 Å². The molecule has 10 nitrogen and oxygen atoms in total. The monoisotopic (exact) mass is 503 g/mol. The van der Waals surface area contributed by atoms with Crippen LogP contribution in [0.25, 0.3) is 0 Å². The van der Waals surface area contributed by atoms with E-state index >= 15 is 0 Å². The molecule has 0 aliphatic heterocycles. The number of hydrogen-bond donors (Lipinski definition) is 6. The molecule has 4 rings (SSSR count). The van der Waals surface area contributed by atoms with Gasteiger partial charge in [-0.2, -0.15) is 0 Å². The smallest absolute Gasteiger partial charge is 0.255 e. The molecule has 1 unspecified atom stereocenters. The number of amides is 1. The van der Waals surface area contributed by atoms with E-state index in [1.54, 1.807) is 32.0 Å². The average Bonchev–Trinajstić information content (AvgIpc) is 2.82. The van der Waals surface area contributed by atoms with Gasteiger partial charge < -0.3 is 31.5 Å². The number of benzene rings is 1. The van der Waals surface area contributed by atoms with Crippen molar-refractivity contribution in [1.82, 2.24) is 4.90 Å². The molecule has 0 saturated carbocycles. The molecule has 1 amide bonds. The Bertz CT molecular complexity index is 1240. The quantitative estimate of drug-likeness (QED) is 0.248. The second-order valence-corrected chi connectivity index (χ2v) is 9.86. The van der Waals surface area contributed by atoms with E-state index in [1.807, 2.05) is 0 Å². The van der Waals surface area contributed by atoms with Crippen molar-refractivity contribution >= 4 is 23.2 Å². The van der Waals surface area contributed by atoms with Crippen LogP contribution in [0, 0.1) is 11.8 Å². The summed E-state index contributed by atoms with van der Waals surface area (Å²) in [6.45, 7) is 1.21. The van der Waals surface area contributed by atoms with Gasteiger partial charge in [-0.05, 0) is 44.4 Å². The van der Waals surface area contributed by atoms with Gasteiger partial charge >= 0.3 is 0 Å². The van der Waals surface area contributed by atoms with E-state index in [0.29, 0.717) is 16.8 Å². The van der Waals surface area contributed by atoms with E-state index < -0.39 is 64.7 Å². The van der Waals surface area contributed by atoms with E-state index in [4.69, 9.17) is 5.73 Å². The number of alkyl halides is 1. The predicted octanol–water partition coefficient (Wildman–Crippen LogP) is 1.41. The van der Waals surface area contributed by atoms with Gasteiger partial charge in [0.15, 0.2) is 11.4 Å². The fourth-order valence-corrected chi connectivity index (χ4v) is 5.63. The zero-order valence-electron chi connectivity index (χ0n) is 20.3. The number of nitrogens with one attached hydrogen (secondary N) is 1. The normalized spacial score (nSPS) is 26.5. The Morgan fingerprint density at radius 3 is 2.56 bits per heavy atom. The molecule has 4 atom stereocenters. The number of hydrogen-bond acceptors (Lipinski definition) is 9. The van der Waals surface area contributed by atoms with Crippen LogP contribution in [0.5, 0.6) is 5.75 Å². The van der Waals surface area contributed by atoms with Gasteiger partial charge in [-0.3, -0.25) is 19.3 Å². The van der Waals surface area contributed by atoms with E-state index in [9.17, 15) is 39.2 Å². The Kier molecular flexibility index (Phi) is 6.34. The molecule has 1 aromatic carbocycles. The van der Waals surface area contributed by atoms with Crippen LogP contribution in [0.2, 0.25) is 0 Å². The van der Waals surface area contributed by atoms with Gasteiger partial charge in [0.25, 0.3) is 5.91 Å². The SMILES string of the molecule is CNc1cc(CN(C)C(C)CF)c(O)c2c1C[C@H]1C[C@H]3CC(O)=C(C(N)=O)C(=O)[C@@]3(O)C(O)=C1C2=O. The van der Waals surface area contributed by atoms with Crippen LogP contribution < -0.4 is 11.1 Å². The molecule has 1 aromatic rings. The van der Waals surface area contributed by atoms with Crippen molar-refractivity contribution in [3.05, 3.63) is 45.4 Å². The number of aromatic hydroxyl groups is 1. The second-order valence-electron chi connectivity index (χ2n) is 9.86. The second kappa shape index (κ2) is 8.90. The van der Waals surface area contributed by atoms with Gasteiger partial charge in [0.1, 0.15) is 29.5 Å². The van der Waals surface area contributed by atoms with Crippen LogP contribution in [0.4, 0.5) is 10.1 Å². The zero-order chi connectivity index (χ0) is 26.7. The first kappa shape index (κ1) is 25.6. The third-order valence-electron chi connectivity index (χ3n) is 7.81. The lowest BCUT2D eigenvalue weighted by Crippen LogP contribution is -2.57. The molecule has 3 aliphatic carbocycles. The largest absolute Gasteiger partial charge is 0.511 e. The highest BCUT2D eigenvalue weighted by Crippen LogP contribution is 2.52. The molecular weight excluding hydrogens is 473 g/mol. The van der Waals surface area contributed by atoms with Gasteiger partial charge in [0.2, 0.25) is 5.78 Å². The number of carbonyl (C=O) groups excluding carboxylic acids is 3. The van der Waals surface area contributed by atoms with Crippen molar-refractivity contribution in [2.75, 3.05) is 26.1 Å². The van der Waals surface area contributed by atoms with Crippen molar-refractivity contribution in [3.63, 3.8) is 0 Å². The maximum absolute atomic E-state index is 13.7. The number of Topliss-reactive ketones (excluding diaryl/α,β-unsaturated/α-hetero) is 2. The molecule has 11 heteroatoms. The van der Waals surface area contributed by atoms with Gasteiger partial charge in [-0.25, -0.2) is 4.39 Å². The summed E-state index contributed by atoms with van der Waals surface area (Å²) in [7, 11) is 3.34. The third kappa shape index (κ3) is 3.56. The number of rotatable bonds is 6. The number of fused-ring (bicyclic) bond motifs is 3. The average molecular weight is 504 g/mol. The highest BCUT2D eigenvalue weighted by molar-refractivity contribution is 6.24. The molecule has 0 spiro atoms. The first-order valence-electron chi connectivity index (χ1n) is 11.7. The minimum atomic E-state index is -2.61. The minimum absolute atomic E-state index is 0.0608. The number of allylic oxidation sites excluding steroid dienone is 2. The molecule has 0 heterocycles. The van der Waals surface area contributed by atoms with Crippen LogP contribution >= 0.6 is 0 Å². The summed E-state index contributed by atoms with van der Waals surface area (Å²) in [5, 5.41) is 46.8. The third-order valence-corrected chi connectivity index (χ3v) is 7.81. The van der Waals surface area contributed by atoms with Crippen molar-refractivity contribution < 1.29 is 39.2 Å². The number of nitrogens with zero attached hydrogens (tertiary/aromatic N) is 1. The number of phenolic OH excluding ortho intramolecular Hbond substituents is 1. The summed E-state index contributed by atoms with van der Waals surface area (Å²) < 4.78 is 13.2. The fraction of sp³-hybridized carbons (Fsp3) is 0.480. The summed E-state index contributed by atoms with van der Waals surface area (Å²) in [5.41, 5.74) is 2.95. The van der Waals surface area contributed by atoms with Crippen LogP contribution in [-0.2, 0) is 22.6 Å². The Hall–Kier alpha value is -3.44. The fourth-order valence-electron chi connectivity index (χ4n) is 5.63. The number of phenols is 1. The molecule has 0 fully saturated rings. The first-order chi connectivity index (χ1) is 16.9. The Labute approximate surface area is 206 Å². The lowest BCUT2D eigenvalue weighted by Gasteiger charge is -2.45. The topological polar surface area (TPSA) is 173 Å². The number of anilines is 1. The highest BCUT2D eigenvalue weighted by atomic mass is 19.1. The van der Waals surface area contributed by atoms with E-state index in [1.165, 1.54) is 0 Å². The highest BCUT2D eigenvalue weighted by Gasteiger charge is 2.59. The first-order valence-corrected chi connectivity index (χ1v) is 11.7. The Morgan fingerprint density at radius 2 is 1.97 bits per heavy atom. The molecule has 36 heavy (non-hydrogen) atoms. The van der Waals surface area contributed by atoms with Crippen LogP contribution in [0.3, 0.4) is 0 Å². The lowest BCUT2D eigenvalue weighted by molar-refractivity contribution is -0.144. The molecule has 3 aliphatic rings. The van der Waals surface area contributed by atoms with Crippen LogP contribution in [-0.4, -0.2) is 75.2 Å². The number of primary amides is 1. The standard InChI is InChI=1S/C25H30FN3O7/c1-10(8-26)29(3)9-12-6-15(28-2)14-5-11-4-13-7-16(30)19(24(27)35)23(34)25(13,36)22(33)17(11)21(32)18(14)20(12)31/h6,10-11,13,28,30-31,33,36H,4-5,7-9H2,1-3H3,(H2,27,35)/t10?,11-,13+,25+/m1/s1. The molecule has 0 saturated heterocycles. The van der Waals surface area contributed by atoms with Crippen LogP contribution in [0.1, 0.15) is 41.3 Å². The maximum Gasteiger partial charge on any atom is 0.255 e. The van der Waals surface area contributed by atoms with Crippen LogP contribution in [0.15, 0.2) is 28.7 Å². The van der Waals surface area contributed by atoms with E-state index in [0.717, 1.165) is 0 Å². The summed E-state index contributed by atoms with van der Waals surface area (Å²) in [4.78, 5) is 40.2. The lowest BCUT2D eigenvalue weighted by atomic mass is 9.60. The summed E-state index contributed by atoms with van der Waals surface area (Å²) in [6.07, 6.45) is -0.0158. The predicted molar refractivity (Wildman–Crippen MR) is 127 cm³/mol. The number of ketones is 2. The van der Waals surface area contributed by atoms with Gasteiger partial charge in [-0.15, -0.1) is 0 Å². The van der Waals surface area contributed by atoms with Crippen molar-refractivity contribution in [1.29, 1.82) is 0 Å².